The molecule has 3 nitrogen and oxygen atoms in total. The van der Waals surface area contributed by atoms with Gasteiger partial charge in [-0.25, -0.2) is 0 Å². The van der Waals surface area contributed by atoms with Crippen LogP contribution in [0.2, 0.25) is 5.02 Å². The fourth-order valence-corrected chi connectivity index (χ4v) is 2.40. The Hall–Kier alpha value is -2.00. The van der Waals surface area contributed by atoms with E-state index in [0.29, 0.717) is 22.8 Å². The molecule has 0 bridgehead atoms. The minimum atomic E-state index is -0.0988. The van der Waals surface area contributed by atoms with Gasteiger partial charge in [-0.3, -0.25) is 4.79 Å². The molecule has 0 unspecified atom stereocenters. The first-order valence-electron chi connectivity index (χ1n) is 5.62. The van der Waals surface area contributed by atoms with Crippen molar-refractivity contribution in [1.82, 2.24) is 5.32 Å². The Morgan fingerprint density at radius 3 is 2.56 bits per heavy atom. The van der Waals surface area contributed by atoms with Crippen LogP contribution in [0.4, 0.5) is 5.69 Å². The quantitative estimate of drug-likeness (QED) is 0.773. The number of nitrogen functional groups attached to an aromatic ring is 1. The lowest BCUT2D eigenvalue weighted by molar-refractivity contribution is 0.0966. The van der Waals surface area contributed by atoms with Crippen molar-refractivity contribution in [3.05, 3.63) is 52.5 Å². The zero-order valence-electron chi connectivity index (χ0n) is 9.53. The van der Waals surface area contributed by atoms with Gasteiger partial charge in [0.1, 0.15) is 0 Å². The average Bonchev–Trinajstić information content (AvgIpc) is 2.75. The minimum absolute atomic E-state index is 0.0988. The molecule has 90 valence electrons. The Labute approximate surface area is 110 Å². The highest BCUT2D eigenvalue weighted by Gasteiger charge is 2.24. The third kappa shape index (κ3) is 1.64. The molecule has 1 aliphatic heterocycles. The van der Waals surface area contributed by atoms with Gasteiger partial charge < -0.3 is 11.1 Å². The van der Waals surface area contributed by atoms with E-state index >= 15 is 0 Å². The molecular weight excluding hydrogens is 248 g/mol. The van der Waals surface area contributed by atoms with E-state index in [-0.39, 0.29) is 5.91 Å². The largest absolute Gasteiger partial charge is 0.398 e. The first-order valence-corrected chi connectivity index (χ1v) is 6.00. The molecule has 0 aromatic heterocycles. The molecule has 2 aromatic carbocycles. The molecule has 4 heteroatoms. The Bertz CT molecular complexity index is 635. The topological polar surface area (TPSA) is 55.1 Å². The van der Waals surface area contributed by atoms with Crippen LogP contribution in [-0.2, 0) is 6.54 Å². The van der Waals surface area contributed by atoms with E-state index in [4.69, 9.17) is 17.3 Å². The Morgan fingerprint density at radius 1 is 1.11 bits per heavy atom. The van der Waals surface area contributed by atoms with Gasteiger partial charge in [-0.05, 0) is 34.9 Å². The van der Waals surface area contributed by atoms with Crippen LogP contribution in [0, 0.1) is 0 Å². The number of fused-ring (bicyclic) bond motifs is 1. The Balaban J connectivity index is 2.20. The van der Waals surface area contributed by atoms with Gasteiger partial charge in [0.25, 0.3) is 5.91 Å². The number of hydrogen-bond acceptors (Lipinski definition) is 2. The fourth-order valence-electron chi connectivity index (χ4n) is 2.27. The summed E-state index contributed by atoms with van der Waals surface area (Å²) in [6.45, 7) is 0.525. The predicted octanol–water partition coefficient (Wildman–Crippen LogP) is 2.83. The number of rotatable bonds is 1. The average molecular weight is 259 g/mol. The van der Waals surface area contributed by atoms with Crippen LogP contribution in [0.25, 0.3) is 11.1 Å². The standard InChI is InChI=1S/C14H11ClN2O/c15-9-3-1-8(2-4-9)10-5-6-12(16)13-11(10)7-17-14(13)18/h1-6H,7,16H2,(H,17,18). The molecule has 0 atom stereocenters. The first kappa shape index (κ1) is 11.1. The normalized spacial score (nSPS) is 13.3. The Morgan fingerprint density at radius 2 is 1.83 bits per heavy atom. The number of carbonyl (C=O) groups excluding carboxylic acids is 1. The number of nitrogens with one attached hydrogen (secondary N) is 1. The van der Waals surface area contributed by atoms with Gasteiger partial charge in [-0.2, -0.15) is 0 Å². The van der Waals surface area contributed by atoms with Crippen molar-refractivity contribution in [2.45, 2.75) is 6.54 Å². The van der Waals surface area contributed by atoms with Crippen LogP contribution in [0.1, 0.15) is 15.9 Å². The molecule has 0 spiro atoms. The maximum atomic E-state index is 11.7. The van der Waals surface area contributed by atoms with E-state index in [1.165, 1.54) is 0 Å². The summed E-state index contributed by atoms with van der Waals surface area (Å²) in [4.78, 5) is 11.7. The predicted molar refractivity (Wildman–Crippen MR) is 72.5 cm³/mol. The zero-order valence-corrected chi connectivity index (χ0v) is 10.3. The third-order valence-electron chi connectivity index (χ3n) is 3.15. The van der Waals surface area contributed by atoms with E-state index in [9.17, 15) is 4.79 Å². The van der Waals surface area contributed by atoms with Gasteiger partial charge in [-0.15, -0.1) is 0 Å². The van der Waals surface area contributed by atoms with Gasteiger partial charge in [0.05, 0.1) is 5.56 Å². The molecule has 1 heterocycles. The zero-order chi connectivity index (χ0) is 12.7. The molecule has 0 saturated carbocycles. The summed E-state index contributed by atoms with van der Waals surface area (Å²) in [7, 11) is 0. The molecule has 0 fully saturated rings. The lowest BCUT2D eigenvalue weighted by Crippen LogP contribution is -2.13. The highest BCUT2D eigenvalue weighted by molar-refractivity contribution is 6.30. The molecular formula is C14H11ClN2O. The van der Waals surface area contributed by atoms with Crippen molar-refractivity contribution in [3.8, 4) is 11.1 Å². The molecule has 18 heavy (non-hydrogen) atoms. The van der Waals surface area contributed by atoms with Gasteiger partial charge in [0.15, 0.2) is 0 Å². The summed E-state index contributed by atoms with van der Waals surface area (Å²) in [5.74, 6) is -0.0988. The third-order valence-corrected chi connectivity index (χ3v) is 3.41. The number of benzene rings is 2. The van der Waals surface area contributed by atoms with Crippen LogP contribution in [0.15, 0.2) is 36.4 Å². The van der Waals surface area contributed by atoms with Crippen molar-refractivity contribution < 1.29 is 4.79 Å². The number of nitrogens with two attached hydrogens (primary N) is 1. The van der Waals surface area contributed by atoms with E-state index in [0.717, 1.165) is 16.7 Å². The second-order valence-corrected chi connectivity index (χ2v) is 4.68. The number of carbonyl (C=O) groups is 1. The maximum Gasteiger partial charge on any atom is 0.254 e. The smallest absolute Gasteiger partial charge is 0.254 e. The SMILES string of the molecule is Nc1ccc(-c2ccc(Cl)cc2)c2c1C(=O)NC2. The van der Waals surface area contributed by atoms with Crippen molar-refractivity contribution >= 4 is 23.2 Å². The van der Waals surface area contributed by atoms with E-state index in [2.05, 4.69) is 5.32 Å². The van der Waals surface area contributed by atoms with Crippen LogP contribution >= 0.6 is 11.6 Å². The molecule has 0 aliphatic carbocycles. The maximum absolute atomic E-state index is 11.7. The lowest BCUT2D eigenvalue weighted by atomic mass is 9.96. The number of amides is 1. The lowest BCUT2D eigenvalue weighted by Gasteiger charge is -2.09. The molecule has 1 aliphatic rings. The molecule has 3 N–H and O–H groups in total. The van der Waals surface area contributed by atoms with Gasteiger partial charge in [0, 0.05) is 17.3 Å². The Kier molecular flexibility index (Phi) is 2.49. The van der Waals surface area contributed by atoms with Gasteiger partial charge in [-0.1, -0.05) is 29.8 Å². The number of halogens is 1. The van der Waals surface area contributed by atoms with E-state index < -0.39 is 0 Å². The van der Waals surface area contributed by atoms with Crippen LogP contribution in [-0.4, -0.2) is 5.91 Å². The molecule has 0 radical (unpaired) electrons. The summed E-state index contributed by atoms with van der Waals surface area (Å²) in [6.07, 6.45) is 0. The highest BCUT2D eigenvalue weighted by Crippen LogP contribution is 2.33. The van der Waals surface area contributed by atoms with Crippen LogP contribution < -0.4 is 11.1 Å². The summed E-state index contributed by atoms with van der Waals surface area (Å²) in [5, 5.41) is 3.50. The molecule has 0 saturated heterocycles. The second-order valence-electron chi connectivity index (χ2n) is 4.25. The molecule has 3 rings (SSSR count). The van der Waals surface area contributed by atoms with Gasteiger partial charge in [0.2, 0.25) is 0 Å². The van der Waals surface area contributed by atoms with E-state index in [1.54, 1.807) is 6.07 Å². The van der Waals surface area contributed by atoms with Crippen molar-refractivity contribution in [2.24, 2.45) is 0 Å². The van der Waals surface area contributed by atoms with Crippen molar-refractivity contribution in [3.63, 3.8) is 0 Å². The van der Waals surface area contributed by atoms with Crippen molar-refractivity contribution in [1.29, 1.82) is 0 Å². The molecule has 2 aromatic rings. The first-order chi connectivity index (χ1) is 8.66. The number of hydrogen-bond donors (Lipinski definition) is 2. The summed E-state index contributed by atoms with van der Waals surface area (Å²) >= 11 is 5.88. The second kappa shape index (κ2) is 4.03. The molecule has 1 amide bonds. The fraction of sp³-hybridized carbons (Fsp3) is 0.0714. The minimum Gasteiger partial charge on any atom is -0.398 e. The van der Waals surface area contributed by atoms with Crippen LogP contribution in [0.3, 0.4) is 0 Å². The van der Waals surface area contributed by atoms with E-state index in [1.807, 2.05) is 30.3 Å². The van der Waals surface area contributed by atoms with Gasteiger partial charge >= 0.3 is 0 Å². The van der Waals surface area contributed by atoms with Crippen molar-refractivity contribution in [2.75, 3.05) is 5.73 Å². The highest BCUT2D eigenvalue weighted by atomic mass is 35.5. The summed E-state index contributed by atoms with van der Waals surface area (Å²) < 4.78 is 0. The monoisotopic (exact) mass is 258 g/mol. The summed E-state index contributed by atoms with van der Waals surface area (Å²) in [5.41, 5.74) is 9.99. The number of anilines is 1. The summed E-state index contributed by atoms with van der Waals surface area (Å²) in [6, 6.07) is 11.3. The van der Waals surface area contributed by atoms with Crippen LogP contribution in [0.5, 0.6) is 0 Å².